The van der Waals surface area contributed by atoms with Gasteiger partial charge in [0.15, 0.2) is 11.4 Å². The van der Waals surface area contributed by atoms with E-state index in [0.717, 1.165) is 0 Å². The van der Waals surface area contributed by atoms with Crippen molar-refractivity contribution in [2.45, 2.75) is 26.4 Å². The van der Waals surface area contributed by atoms with Crippen LogP contribution in [0.1, 0.15) is 20.8 Å². The van der Waals surface area contributed by atoms with Gasteiger partial charge in [0.1, 0.15) is 0 Å². The average molecular weight is 284 g/mol. The third-order valence-corrected chi connectivity index (χ3v) is 2.27. The van der Waals surface area contributed by atoms with E-state index in [4.69, 9.17) is 11.5 Å². The predicted octanol–water partition coefficient (Wildman–Crippen LogP) is 0.177. The SMILES string of the molecule is CC(C)(C)C(=O)C(N)(N)C(=O)I. The van der Waals surface area contributed by atoms with E-state index in [0.29, 0.717) is 0 Å². The second-order valence-corrected chi connectivity index (χ2v) is 4.70. The lowest BCUT2D eigenvalue weighted by atomic mass is 9.84. The zero-order chi connectivity index (χ0) is 10.2. The first kappa shape index (κ1) is 12.0. The summed E-state index contributed by atoms with van der Waals surface area (Å²) in [7, 11) is 0. The molecule has 0 saturated heterocycles. The Morgan fingerprint density at radius 3 is 1.58 bits per heavy atom. The first-order valence-corrected chi connectivity index (χ1v) is 4.50. The Balaban J connectivity index is 4.83. The van der Waals surface area contributed by atoms with Gasteiger partial charge in [0, 0.05) is 28.0 Å². The summed E-state index contributed by atoms with van der Waals surface area (Å²) in [4.78, 5) is 22.3. The Morgan fingerprint density at radius 2 is 1.50 bits per heavy atom. The summed E-state index contributed by atoms with van der Waals surface area (Å²) in [6.07, 6.45) is 0. The largest absolute Gasteiger partial charge is 0.300 e. The highest BCUT2D eigenvalue weighted by Crippen LogP contribution is 2.20. The standard InChI is InChI=1S/C7H13IN2O2/c1-6(2,3)4(11)7(9,10)5(8)12/h9-10H2,1-3H3. The number of halogens is 1. The Hall–Kier alpha value is -0.0100. The molecule has 0 amide bonds. The molecule has 0 spiro atoms. The molecule has 0 saturated carbocycles. The quantitative estimate of drug-likeness (QED) is 0.328. The van der Waals surface area contributed by atoms with Crippen molar-refractivity contribution in [1.82, 2.24) is 0 Å². The molecule has 12 heavy (non-hydrogen) atoms. The predicted molar refractivity (Wildman–Crippen MR) is 54.6 cm³/mol. The van der Waals surface area contributed by atoms with Gasteiger partial charge in [-0.3, -0.25) is 9.59 Å². The topological polar surface area (TPSA) is 86.2 Å². The van der Waals surface area contributed by atoms with Crippen LogP contribution in [0.15, 0.2) is 0 Å². The zero-order valence-electron chi connectivity index (χ0n) is 7.35. The van der Waals surface area contributed by atoms with Gasteiger partial charge < -0.3 is 11.5 Å². The summed E-state index contributed by atoms with van der Waals surface area (Å²) in [6, 6.07) is 0. The van der Waals surface area contributed by atoms with E-state index >= 15 is 0 Å². The van der Waals surface area contributed by atoms with Crippen molar-refractivity contribution >= 4 is 32.2 Å². The van der Waals surface area contributed by atoms with Gasteiger partial charge in [-0.25, -0.2) is 0 Å². The Bertz CT molecular complexity index is 218. The second kappa shape index (κ2) is 3.39. The maximum Gasteiger partial charge on any atom is 0.234 e. The summed E-state index contributed by atoms with van der Waals surface area (Å²) >= 11 is 1.43. The molecular weight excluding hydrogens is 271 g/mol. The number of ketones is 1. The van der Waals surface area contributed by atoms with Crippen LogP contribution in [0.25, 0.3) is 0 Å². The first-order valence-electron chi connectivity index (χ1n) is 3.42. The van der Waals surface area contributed by atoms with Crippen LogP contribution >= 0.6 is 22.6 Å². The molecule has 0 radical (unpaired) electrons. The maximum atomic E-state index is 11.5. The zero-order valence-corrected chi connectivity index (χ0v) is 9.51. The number of rotatable bonds is 2. The highest BCUT2D eigenvalue weighted by molar-refractivity contribution is 14.1. The van der Waals surface area contributed by atoms with Crippen molar-refractivity contribution in [3.8, 4) is 0 Å². The van der Waals surface area contributed by atoms with Crippen molar-refractivity contribution in [3.05, 3.63) is 0 Å². The minimum atomic E-state index is -1.85. The monoisotopic (exact) mass is 284 g/mol. The number of carbonyl (C=O) groups is 2. The number of carbonyl (C=O) groups excluding carboxylic acids is 2. The van der Waals surface area contributed by atoms with Gasteiger partial charge in [0.05, 0.1) is 0 Å². The fourth-order valence-electron chi connectivity index (χ4n) is 0.710. The van der Waals surface area contributed by atoms with E-state index in [1.807, 2.05) is 0 Å². The summed E-state index contributed by atoms with van der Waals surface area (Å²) in [5.41, 5.74) is 8.18. The van der Waals surface area contributed by atoms with Gasteiger partial charge in [-0.15, -0.1) is 0 Å². The van der Waals surface area contributed by atoms with Crippen LogP contribution in [-0.2, 0) is 9.59 Å². The summed E-state index contributed by atoms with van der Waals surface area (Å²) in [5.74, 6) is -0.450. The molecule has 4 N–H and O–H groups in total. The van der Waals surface area contributed by atoms with Gasteiger partial charge in [0.25, 0.3) is 0 Å². The van der Waals surface area contributed by atoms with E-state index in [1.165, 1.54) is 22.6 Å². The molecule has 4 nitrogen and oxygen atoms in total. The van der Waals surface area contributed by atoms with Crippen molar-refractivity contribution in [1.29, 1.82) is 0 Å². The lowest BCUT2D eigenvalue weighted by Crippen LogP contribution is -2.63. The highest BCUT2D eigenvalue weighted by atomic mass is 127. The van der Waals surface area contributed by atoms with Gasteiger partial charge in [-0.1, -0.05) is 20.8 Å². The number of hydrogen-bond acceptors (Lipinski definition) is 4. The lowest BCUT2D eigenvalue weighted by Gasteiger charge is -2.26. The van der Waals surface area contributed by atoms with Gasteiger partial charge >= 0.3 is 0 Å². The van der Waals surface area contributed by atoms with Crippen molar-refractivity contribution in [2.75, 3.05) is 0 Å². The van der Waals surface area contributed by atoms with E-state index in [9.17, 15) is 9.59 Å². The molecule has 0 atom stereocenters. The fourth-order valence-corrected chi connectivity index (χ4v) is 0.955. The molecule has 0 bridgehead atoms. The molecule has 0 aliphatic carbocycles. The van der Waals surface area contributed by atoms with E-state index < -0.39 is 20.7 Å². The number of hydrogen-bond donors (Lipinski definition) is 2. The molecular formula is C7H13IN2O2. The van der Waals surface area contributed by atoms with E-state index in [-0.39, 0.29) is 0 Å². The average Bonchev–Trinajstić information content (AvgIpc) is 1.83. The minimum absolute atomic E-state index is 0.450. The van der Waals surface area contributed by atoms with Crippen LogP contribution in [0.3, 0.4) is 0 Å². The maximum absolute atomic E-state index is 11.5. The molecule has 0 rings (SSSR count). The highest BCUT2D eigenvalue weighted by Gasteiger charge is 2.42. The van der Waals surface area contributed by atoms with E-state index in [2.05, 4.69) is 0 Å². The number of nitrogens with two attached hydrogens (primary N) is 2. The van der Waals surface area contributed by atoms with Crippen LogP contribution < -0.4 is 11.5 Å². The van der Waals surface area contributed by atoms with Crippen molar-refractivity contribution < 1.29 is 9.59 Å². The summed E-state index contributed by atoms with van der Waals surface area (Å²) in [5, 5.41) is 0. The Labute approximate surface area is 85.2 Å². The molecule has 5 heteroatoms. The van der Waals surface area contributed by atoms with Crippen molar-refractivity contribution in [2.24, 2.45) is 16.9 Å². The molecule has 70 valence electrons. The smallest absolute Gasteiger partial charge is 0.234 e. The first-order chi connectivity index (χ1) is 5.10. The second-order valence-electron chi connectivity index (χ2n) is 3.72. The molecule has 0 unspecified atom stereocenters. The molecule has 0 aromatic rings. The molecule has 0 heterocycles. The molecule has 0 aliphatic rings. The van der Waals surface area contributed by atoms with Crippen LogP contribution in [0.2, 0.25) is 0 Å². The Kier molecular flexibility index (Phi) is 3.39. The normalized spacial score (nSPS) is 12.8. The van der Waals surface area contributed by atoms with Crippen LogP contribution in [0.4, 0.5) is 0 Å². The van der Waals surface area contributed by atoms with Crippen LogP contribution in [0, 0.1) is 5.41 Å². The molecule has 0 aromatic carbocycles. The van der Waals surface area contributed by atoms with Gasteiger partial charge in [0.2, 0.25) is 3.79 Å². The molecule has 0 aliphatic heterocycles. The van der Waals surface area contributed by atoms with Crippen molar-refractivity contribution in [3.63, 3.8) is 0 Å². The lowest BCUT2D eigenvalue weighted by molar-refractivity contribution is -0.135. The summed E-state index contributed by atoms with van der Waals surface area (Å²) in [6.45, 7) is 5.01. The minimum Gasteiger partial charge on any atom is -0.300 e. The third-order valence-electron chi connectivity index (χ3n) is 1.38. The van der Waals surface area contributed by atoms with Gasteiger partial charge in [-0.05, 0) is 0 Å². The molecule has 0 fully saturated rings. The Morgan fingerprint density at radius 1 is 1.17 bits per heavy atom. The van der Waals surface area contributed by atoms with E-state index in [1.54, 1.807) is 20.8 Å². The van der Waals surface area contributed by atoms with Crippen LogP contribution in [-0.4, -0.2) is 15.2 Å². The molecule has 0 aromatic heterocycles. The van der Waals surface area contributed by atoms with Crippen LogP contribution in [0.5, 0.6) is 0 Å². The summed E-state index contributed by atoms with van der Waals surface area (Å²) < 4.78 is -0.542. The third kappa shape index (κ3) is 2.49. The number of Topliss-reactive ketones (excluding diaryl/α,β-unsaturated/α-hetero) is 1. The fraction of sp³-hybridized carbons (Fsp3) is 0.714. The van der Waals surface area contributed by atoms with Gasteiger partial charge in [-0.2, -0.15) is 0 Å².